The molecule has 2 amide bonds. The Kier molecular flexibility index (Phi) is 6.67. The van der Waals surface area contributed by atoms with Crippen LogP contribution in [0, 0.1) is 0 Å². The van der Waals surface area contributed by atoms with Gasteiger partial charge in [-0.25, -0.2) is 0 Å². The molecule has 0 saturated heterocycles. The number of hydrogen-bond donors (Lipinski definition) is 2. The Morgan fingerprint density at radius 2 is 1.75 bits per heavy atom. The van der Waals surface area contributed by atoms with E-state index < -0.39 is 6.10 Å². The van der Waals surface area contributed by atoms with Crippen molar-refractivity contribution in [2.45, 2.75) is 46.1 Å². The average Bonchev–Trinajstić information content (AvgIpc) is 2.61. The van der Waals surface area contributed by atoms with Gasteiger partial charge in [0.05, 0.1) is 12.8 Å². The van der Waals surface area contributed by atoms with Crippen molar-refractivity contribution in [2.75, 3.05) is 17.7 Å². The van der Waals surface area contributed by atoms with Gasteiger partial charge < -0.3 is 20.1 Å². The molecule has 6 nitrogen and oxygen atoms in total. The number of carbonyl (C=O) groups excluding carboxylic acids is 2. The molecule has 0 radical (unpaired) electrons. The first-order valence-electron chi connectivity index (χ1n) is 9.14. The Labute approximate surface area is 166 Å². The molecule has 0 bridgehead atoms. The fourth-order valence-electron chi connectivity index (χ4n) is 2.61. The number of ether oxygens (including phenoxy) is 2. The fraction of sp³-hybridized carbons (Fsp3) is 0.364. The van der Waals surface area contributed by atoms with E-state index in [9.17, 15) is 9.59 Å². The molecule has 0 aromatic heterocycles. The van der Waals surface area contributed by atoms with Crippen molar-refractivity contribution in [3.63, 3.8) is 0 Å². The molecule has 2 aromatic carbocycles. The standard InChI is InChI=1S/C22H28N2O4/c1-14(28-18-9-7-8-16(12-18)22(3,4)5)21(26)24-19-13-17(23-15(2)25)10-11-20(19)27-6/h7-14H,1-6H3,(H,23,25)(H,24,26). The van der Waals surface area contributed by atoms with Crippen molar-refractivity contribution in [2.24, 2.45) is 0 Å². The van der Waals surface area contributed by atoms with Gasteiger partial charge in [0.15, 0.2) is 6.10 Å². The zero-order chi connectivity index (χ0) is 20.9. The molecule has 0 aliphatic carbocycles. The number of carbonyl (C=O) groups is 2. The van der Waals surface area contributed by atoms with Gasteiger partial charge in [-0.05, 0) is 48.2 Å². The first-order valence-corrected chi connectivity index (χ1v) is 9.14. The van der Waals surface area contributed by atoms with E-state index in [0.29, 0.717) is 22.9 Å². The highest BCUT2D eigenvalue weighted by Crippen LogP contribution is 2.29. The smallest absolute Gasteiger partial charge is 0.265 e. The summed E-state index contributed by atoms with van der Waals surface area (Å²) in [5.74, 6) is 0.607. The highest BCUT2D eigenvalue weighted by atomic mass is 16.5. The van der Waals surface area contributed by atoms with E-state index in [1.807, 2.05) is 24.3 Å². The van der Waals surface area contributed by atoms with E-state index >= 15 is 0 Å². The Hall–Kier alpha value is -3.02. The van der Waals surface area contributed by atoms with E-state index in [2.05, 4.69) is 31.4 Å². The minimum Gasteiger partial charge on any atom is -0.495 e. The number of hydrogen-bond acceptors (Lipinski definition) is 4. The molecule has 1 unspecified atom stereocenters. The normalized spacial score (nSPS) is 12.1. The molecule has 0 heterocycles. The lowest BCUT2D eigenvalue weighted by atomic mass is 9.87. The molecular formula is C22H28N2O4. The number of rotatable bonds is 6. The van der Waals surface area contributed by atoms with E-state index in [-0.39, 0.29) is 17.2 Å². The van der Waals surface area contributed by atoms with Gasteiger partial charge in [0, 0.05) is 12.6 Å². The summed E-state index contributed by atoms with van der Waals surface area (Å²) in [6, 6.07) is 12.8. The third-order valence-corrected chi connectivity index (χ3v) is 4.16. The fourth-order valence-corrected chi connectivity index (χ4v) is 2.61. The van der Waals surface area contributed by atoms with Crippen LogP contribution in [0.5, 0.6) is 11.5 Å². The third kappa shape index (κ3) is 5.74. The van der Waals surface area contributed by atoms with Crippen molar-refractivity contribution in [1.29, 1.82) is 0 Å². The second-order valence-corrected chi connectivity index (χ2v) is 7.62. The quantitative estimate of drug-likeness (QED) is 0.776. The van der Waals surface area contributed by atoms with Crippen LogP contribution in [0.1, 0.15) is 40.2 Å². The van der Waals surface area contributed by atoms with Crippen LogP contribution in [0.15, 0.2) is 42.5 Å². The lowest BCUT2D eigenvalue weighted by Crippen LogP contribution is -2.30. The van der Waals surface area contributed by atoms with Crippen LogP contribution in [-0.2, 0) is 15.0 Å². The topological polar surface area (TPSA) is 76.7 Å². The van der Waals surface area contributed by atoms with Crippen molar-refractivity contribution >= 4 is 23.2 Å². The van der Waals surface area contributed by atoms with E-state index in [0.717, 1.165) is 5.56 Å². The lowest BCUT2D eigenvalue weighted by Gasteiger charge is -2.21. The molecule has 150 valence electrons. The van der Waals surface area contributed by atoms with Gasteiger partial charge >= 0.3 is 0 Å². The Morgan fingerprint density at radius 1 is 1.04 bits per heavy atom. The van der Waals surface area contributed by atoms with Gasteiger partial charge in [-0.3, -0.25) is 9.59 Å². The molecule has 1 atom stereocenters. The Balaban J connectivity index is 2.13. The largest absolute Gasteiger partial charge is 0.495 e. The van der Waals surface area contributed by atoms with Crippen molar-refractivity contribution in [3.05, 3.63) is 48.0 Å². The van der Waals surface area contributed by atoms with Crippen LogP contribution in [0.25, 0.3) is 0 Å². The second kappa shape index (κ2) is 8.78. The minimum absolute atomic E-state index is 0.0115. The molecule has 0 aliphatic heterocycles. The molecule has 0 fully saturated rings. The SMILES string of the molecule is COc1ccc(NC(C)=O)cc1NC(=O)C(C)Oc1cccc(C(C)(C)C)c1. The summed E-state index contributed by atoms with van der Waals surface area (Å²) in [5, 5.41) is 5.48. The molecule has 2 N–H and O–H groups in total. The average molecular weight is 384 g/mol. The number of methoxy groups -OCH3 is 1. The van der Waals surface area contributed by atoms with E-state index in [1.165, 1.54) is 14.0 Å². The monoisotopic (exact) mass is 384 g/mol. The molecule has 6 heteroatoms. The summed E-state index contributed by atoms with van der Waals surface area (Å²) < 4.78 is 11.1. The molecular weight excluding hydrogens is 356 g/mol. The summed E-state index contributed by atoms with van der Waals surface area (Å²) in [6.07, 6.45) is -0.718. The summed E-state index contributed by atoms with van der Waals surface area (Å²) in [7, 11) is 1.51. The van der Waals surface area contributed by atoms with Crippen molar-refractivity contribution in [1.82, 2.24) is 0 Å². The van der Waals surface area contributed by atoms with E-state index in [4.69, 9.17) is 9.47 Å². The molecule has 2 rings (SSSR count). The lowest BCUT2D eigenvalue weighted by molar-refractivity contribution is -0.122. The number of benzene rings is 2. The maximum atomic E-state index is 12.6. The predicted octanol–water partition coefficient (Wildman–Crippen LogP) is 4.36. The zero-order valence-corrected chi connectivity index (χ0v) is 17.3. The molecule has 0 aliphatic rings. The number of nitrogens with one attached hydrogen (secondary N) is 2. The maximum Gasteiger partial charge on any atom is 0.265 e. The van der Waals surface area contributed by atoms with E-state index in [1.54, 1.807) is 25.1 Å². The summed E-state index contributed by atoms with van der Waals surface area (Å²) in [5.41, 5.74) is 2.14. The Morgan fingerprint density at radius 3 is 2.36 bits per heavy atom. The first-order chi connectivity index (χ1) is 13.1. The highest BCUT2D eigenvalue weighted by Gasteiger charge is 2.19. The minimum atomic E-state index is -0.718. The second-order valence-electron chi connectivity index (χ2n) is 7.62. The summed E-state index contributed by atoms with van der Waals surface area (Å²) in [4.78, 5) is 23.9. The van der Waals surface area contributed by atoms with Crippen molar-refractivity contribution in [3.8, 4) is 11.5 Å². The van der Waals surface area contributed by atoms with Crippen LogP contribution >= 0.6 is 0 Å². The van der Waals surface area contributed by atoms with Crippen LogP contribution in [0.4, 0.5) is 11.4 Å². The molecule has 2 aromatic rings. The van der Waals surface area contributed by atoms with Crippen LogP contribution in [0.3, 0.4) is 0 Å². The Bertz CT molecular complexity index is 856. The van der Waals surface area contributed by atoms with Crippen LogP contribution in [0.2, 0.25) is 0 Å². The number of anilines is 2. The van der Waals surface area contributed by atoms with Gasteiger partial charge in [-0.2, -0.15) is 0 Å². The first kappa shape index (κ1) is 21.3. The highest BCUT2D eigenvalue weighted by molar-refractivity contribution is 5.97. The predicted molar refractivity (Wildman–Crippen MR) is 111 cm³/mol. The summed E-state index contributed by atoms with van der Waals surface area (Å²) in [6.45, 7) is 9.47. The van der Waals surface area contributed by atoms with Gasteiger partial charge in [0.2, 0.25) is 5.91 Å². The van der Waals surface area contributed by atoms with Crippen LogP contribution < -0.4 is 20.1 Å². The van der Waals surface area contributed by atoms with Gasteiger partial charge in [-0.15, -0.1) is 0 Å². The molecule has 0 saturated carbocycles. The number of amides is 2. The molecule has 28 heavy (non-hydrogen) atoms. The van der Waals surface area contributed by atoms with Gasteiger partial charge in [0.1, 0.15) is 11.5 Å². The summed E-state index contributed by atoms with van der Waals surface area (Å²) >= 11 is 0. The van der Waals surface area contributed by atoms with Gasteiger partial charge in [0.25, 0.3) is 5.91 Å². The van der Waals surface area contributed by atoms with Crippen molar-refractivity contribution < 1.29 is 19.1 Å². The third-order valence-electron chi connectivity index (χ3n) is 4.16. The van der Waals surface area contributed by atoms with Crippen LogP contribution in [-0.4, -0.2) is 25.0 Å². The zero-order valence-electron chi connectivity index (χ0n) is 17.3. The van der Waals surface area contributed by atoms with Gasteiger partial charge in [-0.1, -0.05) is 32.9 Å². The molecule has 0 spiro atoms. The maximum absolute atomic E-state index is 12.6.